The van der Waals surface area contributed by atoms with Gasteiger partial charge in [0.2, 0.25) is 15.9 Å². The molecular formula is C20H20F4N2O3S. The van der Waals surface area contributed by atoms with Gasteiger partial charge in [-0.25, -0.2) is 12.8 Å². The van der Waals surface area contributed by atoms with Crippen LogP contribution >= 0.6 is 0 Å². The van der Waals surface area contributed by atoms with Crippen LogP contribution in [0.4, 0.5) is 23.2 Å². The maximum atomic E-state index is 13.3. The predicted molar refractivity (Wildman–Crippen MR) is 103 cm³/mol. The Hall–Kier alpha value is -2.46. The van der Waals surface area contributed by atoms with Crippen molar-refractivity contribution in [2.75, 3.05) is 18.4 Å². The van der Waals surface area contributed by atoms with Gasteiger partial charge >= 0.3 is 6.18 Å². The zero-order valence-electron chi connectivity index (χ0n) is 15.9. The van der Waals surface area contributed by atoms with E-state index in [1.54, 1.807) is 12.1 Å². The molecule has 0 atom stereocenters. The van der Waals surface area contributed by atoms with E-state index < -0.39 is 33.5 Å². The Labute approximate surface area is 171 Å². The van der Waals surface area contributed by atoms with Gasteiger partial charge in [-0.2, -0.15) is 17.5 Å². The van der Waals surface area contributed by atoms with Gasteiger partial charge < -0.3 is 5.32 Å². The van der Waals surface area contributed by atoms with Crippen molar-refractivity contribution in [1.82, 2.24) is 4.31 Å². The number of hydrogen-bond donors (Lipinski definition) is 1. The third-order valence-electron chi connectivity index (χ3n) is 4.82. The first-order valence-corrected chi connectivity index (χ1v) is 10.8. The summed E-state index contributed by atoms with van der Waals surface area (Å²) in [5.41, 5.74) is -0.892. The van der Waals surface area contributed by atoms with Gasteiger partial charge in [0.05, 0.1) is 10.5 Å². The molecule has 2 aromatic carbocycles. The van der Waals surface area contributed by atoms with E-state index >= 15 is 0 Å². The second kappa shape index (κ2) is 8.73. The zero-order valence-corrected chi connectivity index (χ0v) is 16.7. The number of carbonyl (C=O) groups excluding carboxylic acids is 1. The lowest BCUT2D eigenvalue weighted by molar-refractivity contribution is -0.140. The highest BCUT2D eigenvalue weighted by Crippen LogP contribution is 2.33. The van der Waals surface area contributed by atoms with Crippen molar-refractivity contribution < 1.29 is 30.8 Å². The molecule has 0 unspecified atom stereocenters. The molecule has 1 heterocycles. The summed E-state index contributed by atoms with van der Waals surface area (Å²) in [6.07, 6.45) is -2.95. The molecule has 1 aliphatic heterocycles. The average Bonchev–Trinajstić information content (AvgIpc) is 3.23. The first-order valence-electron chi connectivity index (χ1n) is 9.33. The summed E-state index contributed by atoms with van der Waals surface area (Å²) < 4.78 is 78.0. The van der Waals surface area contributed by atoms with Crippen LogP contribution in [0.3, 0.4) is 0 Å². The van der Waals surface area contributed by atoms with Crippen LogP contribution in [0.2, 0.25) is 0 Å². The molecule has 0 aromatic heterocycles. The van der Waals surface area contributed by atoms with Crippen LogP contribution in [0.25, 0.3) is 0 Å². The molecule has 0 radical (unpaired) electrons. The maximum absolute atomic E-state index is 13.3. The summed E-state index contributed by atoms with van der Waals surface area (Å²) in [6, 6.07) is 8.43. The Balaban J connectivity index is 1.59. The molecule has 1 amide bonds. The standard InChI is InChI=1S/C20H20F4N2O3S/c21-18-9-6-15(13-17(18)20(22,23)24)25-19(27)10-5-14-3-7-16(8-4-14)30(28,29)26-11-1-2-12-26/h3-4,6-9,13H,1-2,5,10-12H2,(H,25,27). The van der Waals surface area contributed by atoms with Crippen LogP contribution in [0.15, 0.2) is 47.4 Å². The third kappa shape index (κ3) is 5.17. The van der Waals surface area contributed by atoms with Crippen molar-refractivity contribution in [3.8, 4) is 0 Å². The van der Waals surface area contributed by atoms with Crippen LogP contribution < -0.4 is 5.32 Å². The molecular weight excluding hydrogens is 424 g/mol. The van der Waals surface area contributed by atoms with E-state index in [2.05, 4.69) is 5.32 Å². The number of nitrogens with one attached hydrogen (secondary N) is 1. The summed E-state index contributed by atoms with van der Waals surface area (Å²) in [6.45, 7) is 1.01. The molecule has 30 heavy (non-hydrogen) atoms. The van der Waals surface area contributed by atoms with Crippen LogP contribution in [0, 0.1) is 5.82 Å². The number of hydrogen-bond acceptors (Lipinski definition) is 3. The quantitative estimate of drug-likeness (QED) is 0.680. The topological polar surface area (TPSA) is 66.5 Å². The van der Waals surface area contributed by atoms with Crippen LogP contribution in [-0.2, 0) is 27.4 Å². The number of anilines is 1. The van der Waals surface area contributed by atoms with E-state index in [-0.39, 0.29) is 23.4 Å². The van der Waals surface area contributed by atoms with Gasteiger partial charge in [0.1, 0.15) is 5.82 Å². The Morgan fingerprint density at radius 3 is 2.27 bits per heavy atom. The summed E-state index contributed by atoms with van der Waals surface area (Å²) in [5.74, 6) is -1.95. The molecule has 0 spiro atoms. The number of nitrogens with zero attached hydrogens (tertiary/aromatic N) is 1. The summed E-state index contributed by atoms with van der Waals surface area (Å²) in [5, 5.41) is 2.32. The van der Waals surface area contributed by atoms with Crippen molar-refractivity contribution in [2.45, 2.75) is 36.8 Å². The molecule has 5 nitrogen and oxygen atoms in total. The van der Waals surface area contributed by atoms with Crippen LogP contribution in [0.1, 0.15) is 30.4 Å². The molecule has 1 N–H and O–H groups in total. The number of halogens is 4. The lowest BCUT2D eigenvalue weighted by Crippen LogP contribution is -2.27. The summed E-state index contributed by atoms with van der Waals surface area (Å²) in [7, 11) is -3.52. The normalized spacial score (nSPS) is 15.3. The molecule has 162 valence electrons. The minimum atomic E-state index is -4.86. The van der Waals surface area contributed by atoms with Gasteiger partial charge in [0, 0.05) is 25.2 Å². The molecule has 2 aromatic rings. The molecule has 1 saturated heterocycles. The van der Waals surface area contributed by atoms with Gasteiger partial charge in [-0.3, -0.25) is 4.79 Å². The first-order chi connectivity index (χ1) is 14.1. The fourth-order valence-corrected chi connectivity index (χ4v) is 4.72. The summed E-state index contributed by atoms with van der Waals surface area (Å²) in [4.78, 5) is 12.2. The van der Waals surface area contributed by atoms with Gasteiger partial charge in [-0.15, -0.1) is 0 Å². The van der Waals surface area contributed by atoms with E-state index in [0.29, 0.717) is 30.8 Å². The Morgan fingerprint density at radius 1 is 1.03 bits per heavy atom. The largest absolute Gasteiger partial charge is 0.419 e. The van der Waals surface area contributed by atoms with E-state index in [1.165, 1.54) is 16.4 Å². The molecule has 3 rings (SSSR count). The molecule has 1 fully saturated rings. The van der Waals surface area contributed by atoms with Gasteiger partial charge in [0.15, 0.2) is 0 Å². The maximum Gasteiger partial charge on any atom is 0.419 e. The number of aryl methyl sites for hydroxylation is 1. The third-order valence-corrected chi connectivity index (χ3v) is 6.74. The molecule has 0 bridgehead atoms. The fraction of sp³-hybridized carbons (Fsp3) is 0.350. The monoisotopic (exact) mass is 444 g/mol. The molecule has 0 aliphatic carbocycles. The lowest BCUT2D eigenvalue weighted by Gasteiger charge is -2.15. The minimum Gasteiger partial charge on any atom is -0.326 e. The summed E-state index contributed by atoms with van der Waals surface area (Å²) >= 11 is 0. The van der Waals surface area contributed by atoms with Crippen molar-refractivity contribution >= 4 is 21.6 Å². The number of alkyl halides is 3. The Bertz CT molecular complexity index is 1020. The number of rotatable bonds is 6. The molecule has 10 heteroatoms. The van der Waals surface area contributed by atoms with Gasteiger partial charge in [-0.1, -0.05) is 12.1 Å². The zero-order chi connectivity index (χ0) is 21.9. The molecule has 0 saturated carbocycles. The van der Waals surface area contributed by atoms with Gasteiger partial charge in [0.25, 0.3) is 0 Å². The number of benzene rings is 2. The van der Waals surface area contributed by atoms with Gasteiger partial charge in [-0.05, 0) is 55.2 Å². The van der Waals surface area contributed by atoms with Crippen LogP contribution in [0.5, 0.6) is 0 Å². The van der Waals surface area contributed by atoms with Crippen molar-refractivity contribution in [2.24, 2.45) is 0 Å². The lowest BCUT2D eigenvalue weighted by atomic mass is 10.1. The predicted octanol–water partition coefficient (Wildman–Crippen LogP) is 4.20. The number of amides is 1. The van der Waals surface area contributed by atoms with Crippen molar-refractivity contribution in [3.05, 3.63) is 59.4 Å². The Kier molecular flexibility index (Phi) is 6.47. The SMILES string of the molecule is O=C(CCc1ccc(S(=O)(=O)N2CCCC2)cc1)Nc1ccc(F)c(C(F)(F)F)c1. The van der Waals surface area contributed by atoms with Crippen LogP contribution in [-0.4, -0.2) is 31.7 Å². The second-order valence-electron chi connectivity index (χ2n) is 7.00. The first kappa shape index (κ1) is 22.2. The highest BCUT2D eigenvalue weighted by Gasteiger charge is 2.34. The fourth-order valence-electron chi connectivity index (χ4n) is 3.21. The van der Waals surface area contributed by atoms with Crippen molar-refractivity contribution in [3.63, 3.8) is 0 Å². The van der Waals surface area contributed by atoms with E-state index in [9.17, 15) is 30.8 Å². The highest BCUT2D eigenvalue weighted by molar-refractivity contribution is 7.89. The minimum absolute atomic E-state index is 0.0308. The van der Waals surface area contributed by atoms with E-state index in [4.69, 9.17) is 0 Å². The highest BCUT2D eigenvalue weighted by atomic mass is 32.2. The smallest absolute Gasteiger partial charge is 0.326 e. The average molecular weight is 444 g/mol. The van der Waals surface area contributed by atoms with Crippen molar-refractivity contribution in [1.29, 1.82) is 0 Å². The Morgan fingerprint density at radius 2 is 1.67 bits per heavy atom. The van der Waals surface area contributed by atoms with E-state index in [0.717, 1.165) is 18.9 Å². The molecule has 1 aliphatic rings. The number of carbonyl (C=O) groups is 1. The number of sulfonamides is 1. The second-order valence-corrected chi connectivity index (χ2v) is 8.93. The van der Waals surface area contributed by atoms with E-state index in [1.807, 2.05) is 0 Å².